The Hall–Kier alpha value is -2.51. The zero-order valence-electron chi connectivity index (χ0n) is 12.8. The molecule has 0 unspecified atom stereocenters. The molecule has 2 rings (SSSR count). The molecule has 1 heterocycles. The van der Waals surface area contributed by atoms with E-state index >= 15 is 0 Å². The molecule has 0 aliphatic carbocycles. The number of imide groups is 1. The summed E-state index contributed by atoms with van der Waals surface area (Å²) in [7, 11) is 0. The van der Waals surface area contributed by atoms with Gasteiger partial charge < -0.3 is 10.6 Å². The molecule has 1 aliphatic rings. The van der Waals surface area contributed by atoms with E-state index in [2.05, 4.69) is 10.6 Å². The van der Waals surface area contributed by atoms with E-state index in [1.165, 1.54) is 0 Å². The van der Waals surface area contributed by atoms with E-state index in [1.54, 1.807) is 13.8 Å². The summed E-state index contributed by atoms with van der Waals surface area (Å²) >= 11 is 0. The van der Waals surface area contributed by atoms with Crippen molar-refractivity contribution in [1.29, 1.82) is 0 Å². The molecule has 1 aromatic rings. The number of carbonyl (C=O) groups excluding carboxylic acids is 3. The van der Waals surface area contributed by atoms with Crippen molar-refractivity contribution in [3.05, 3.63) is 29.8 Å². The Morgan fingerprint density at radius 3 is 2.43 bits per heavy atom. The Bertz CT molecular complexity index is 659. The fourth-order valence-electron chi connectivity index (χ4n) is 2.47. The highest BCUT2D eigenvalue weighted by molar-refractivity contribution is 6.10. The molecule has 2 N–H and O–H groups in total. The smallest absolute Gasteiger partial charge is 0.323 e. The Kier molecular flexibility index (Phi) is 4.63. The Morgan fingerprint density at radius 2 is 1.91 bits per heavy atom. The standard InChI is InChI=1S/C15H17F2N3O3/c1-3-15(4-2)13(22)20(14(23)19-15)8-12(21)18-11-6-5-9(16)7-10(11)17/h5-7H,3-4,8H2,1-2H3,(H,18,21)(H,19,23). The number of rotatable bonds is 5. The van der Waals surface area contributed by atoms with E-state index < -0.39 is 41.6 Å². The molecule has 23 heavy (non-hydrogen) atoms. The van der Waals surface area contributed by atoms with Crippen molar-refractivity contribution in [3.63, 3.8) is 0 Å². The van der Waals surface area contributed by atoms with Gasteiger partial charge in [0.1, 0.15) is 23.7 Å². The number of urea groups is 1. The second kappa shape index (κ2) is 6.31. The van der Waals surface area contributed by atoms with Gasteiger partial charge in [0.2, 0.25) is 5.91 Å². The summed E-state index contributed by atoms with van der Waals surface area (Å²) in [5.41, 5.74) is -1.22. The van der Waals surface area contributed by atoms with Crippen LogP contribution in [0.15, 0.2) is 18.2 Å². The van der Waals surface area contributed by atoms with Gasteiger partial charge in [0.25, 0.3) is 5.91 Å². The second-order valence-corrected chi connectivity index (χ2v) is 5.28. The van der Waals surface area contributed by atoms with Crippen LogP contribution in [0, 0.1) is 11.6 Å². The van der Waals surface area contributed by atoms with Crippen molar-refractivity contribution in [2.24, 2.45) is 0 Å². The van der Waals surface area contributed by atoms with Gasteiger partial charge in [-0.05, 0) is 25.0 Å². The molecule has 6 nitrogen and oxygen atoms in total. The van der Waals surface area contributed by atoms with Crippen LogP contribution in [0.25, 0.3) is 0 Å². The summed E-state index contributed by atoms with van der Waals surface area (Å²) < 4.78 is 26.3. The fourth-order valence-corrected chi connectivity index (χ4v) is 2.47. The molecule has 0 spiro atoms. The van der Waals surface area contributed by atoms with E-state index in [0.717, 1.165) is 17.0 Å². The summed E-state index contributed by atoms with van der Waals surface area (Å²) in [6.45, 7) is 2.99. The molecule has 4 amide bonds. The van der Waals surface area contributed by atoms with Gasteiger partial charge in [-0.25, -0.2) is 13.6 Å². The number of nitrogens with zero attached hydrogens (tertiary/aromatic N) is 1. The third-order valence-corrected chi connectivity index (χ3v) is 3.96. The first-order valence-electron chi connectivity index (χ1n) is 7.22. The summed E-state index contributed by atoms with van der Waals surface area (Å²) in [4.78, 5) is 37.0. The van der Waals surface area contributed by atoms with Crippen LogP contribution in [-0.2, 0) is 9.59 Å². The third kappa shape index (κ3) is 3.15. The van der Waals surface area contributed by atoms with Crippen LogP contribution in [0.3, 0.4) is 0 Å². The molecular formula is C15H17F2N3O3. The fraction of sp³-hybridized carbons (Fsp3) is 0.400. The van der Waals surface area contributed by atoms with Crippen molar-refractivity contribution >= 4 is 23.5 Å². The van der Waals surface area contributed by atoms with Gasteiger partial charge in [-0.1, -0.05) is 13.8 Å². The van der Waals surface area contributed by atoms with Crippen LogP contribution in [0.1, 0.15) is 26.7 Å². The number of halogens is 2. The van der Waals surface area contributed by atoms with Gasteiger partial charge in [-0.15, -0.1) is 0 Å². The maximum Gasteiger partial charge on any atom is 0.325 e. The van der Waals surface area contributed by atoms with Crippen LogP contribution < -0.4 is 10.6 Å². The first kappa shape index (κ1) is 16.9. The maximum atomic E-state index is 13.5. The first-order valence-corrected chi connectivity index (χ1v) is 7.22. The molecule has 1 saturated heterocycles. The third-order valence-electron chi connectivity index (χ3n) is 3.96. The number of anilines is 1. The predicted octanol–water partition coefficient (Wildman–Crippen LogP) is 2.01. The van der Waals surface area contributed by atoms with Crippen molar-refractivity contribution < 1.29 is 23.2 Å². The highest BCUT2D eigenvalue weighted by Crippen LogP contribution is 2.24. The normalized spacial score (nSPS) is 16.4. The van der Waals surface area contributed by atoms with Crippen molar-refractivity contribution in [1.82, 2.24) is 10.2 Å². The molecular weight excluding hydrogens is 308 g/mol. The van der Waals surface area contributed by atoms with Crippen LogP contribution in [0.5, 0.6) is 0 Å². The molecule has 0 aromatic heterocycles. The number of amides is 4. The highest BCUT2D eigenvalue weighted by atomic mass is 19.1. The predicted molar refractivity (Wildman–Crippen MR) is 78.5 cm³/mol. The van der Waals surface area contributed by atoms with E-state index in [9.17, 15) is 23.2 Å². The zero-order chi connectivity index (χ0) is 17.2. The molecule has 8 heteroatoms. The minimum atomic E-state index is -1.00. The Labute approximate surface area is 131 Å². The largest absolute Gasteiger partial charge is 0.325 e. The quantitative estimate of drug-likeness (QED) is 0.813. The number of nitrogens with one attached hydrogen (secondary N) is 2. The first-order chi connectivity index (χ1) is 10.8. The number of benzene rings is 1. The minimum absolute atomic E-state index is 0.222. The van der Waals surface area contributed by atoms with Crippen LogP contribution in [-0.4, -0.2) is 34.8 Å². The van der Waals surface area contributed by atoms with Crippen molar-refractivity contribution in [3.8, 4) is 0 Å². The summed E-state index contributed by atoms with van der Waals surface area (Å²) in [6, 6.07) is 2.03. The van der Waals surface area contributed by atoms with Gasteiger partial charge in [-0.2, -0.15) is 0 Å². The Balaban J connectivity index is 2.08. The van der Waals surface area contributed by atoms with Gasteiger partial charge in [0.15, 0.2) is 0 Å². The summed E-state index contributed by atoms with van der Waals surface area (Å²) in [5.74, 6) is -2.94. The van der Waals surface area contributed by atoms with Crippen LogP contribution in [0.2, 0.25) is 0 Å². The highest BCUT2D eigenvalue weighted by Gasteiger charge is 2.49. The van der Waals surface area contributed by atoms with Gasteiger partial charge in [0, 0.05) is 6.07 Å². The maximum absolute atomic E-state index is 13.5. The molecule has 0 atom stereocenters. The monoisotopic (exact) mass is 325 g/mol. The van der Waals surface area contributed by atoms with E-state index in [0.29, 0.717) is 18.9 Å². The van der Waals surface area contributed by atoms with Gasteiger partial charge in [0.05, 0.1) is 5.69 Å². The van der Waals surface area contributed by atoms with Gasteiger partial charge >= 0.3 is 6.03 Å². The van der Waals surface area contributed by atoms with Crippen LogP contribution in [0.4, 0.5) is 19.3 Å². The lowest BCUT2D eigenvalue weighted by atomic mass is 9.93. The average molecular weight is 325 g/mol. The topological polar surface area (TPSA) is 78.5 Å². The minimum Gasteiger partial charge on any atom is -0.323 e. The van der Waals surface area contributed by atoms with Crippen molar-refractivity contribution in [2.45, 2.75) is 32.2 Å². The molecule has 1 fully saturated rings. The molecule has 0 bridgehead atoms. The van der Waals surface area contributed by atoms with Gasteiger partial charge in [-0.3, -0.25) is 14.5 Å². The molecule has 124 valence electrons. The zero-order valence-corrected chi connectivity index (χ0v) is 12.8. The van der Waals surface area contributed by atoms with Crippen LogP contribution >= 0.6 is 0 Å². The molecule has 1 aliphatic heterocycles. The Morgan fingerprint density at radius 1 is 1.26 bits per heavy atom. The SMILES string of the molecule is CCC1(CC)NC(=O)N(CC(=O)Nc2ccc(F)cc2F)C1=O. The lowest BCUT2D eigenvalue weighted by molar-refractivity contribution is -0.134. The molecule has 0 saturated carbocycles. The lowest BCUT2D eigenvalue weighted by Gasteiger charge is -2.23. The number of carbonyl (C=O) groups is 3. The molecule has 1 aromatic carbocycles. The number of hydrogen-bond acceptors (Lipinski definition) is 3. The van der Waals surface area contributed by atoms with Crippen molar-refractivity contribution in [2.75, 3.05) is 11.9 Å². The van der Waals surface area contributed by atoms with E-state index in [4.69, 9.17) is 0 Å². The van der Waals surface area contributed by atoms with E-state index in [-0.39, 0.29) is 5.69 Å². The summed E-state index contributed by atoms with van der Waals surface area (Å²) in [6.07, 6.45) is 0.803. The number of hydrogen-bond donors (Lipinski definition) is 2. The summed E-state index contributed by atoms with van der Waals surface area (Å²) in [5, 5.41) is 4.80. The second-order valence-electron chi connectivity index (χ2n) is 5.28. The lowest BCUT2D eigenvalue weighted by Crippen LogP contribution is -2.46. The molecule has 0 radical (unpaired) electrons. The van der Waals surface area contributed by atoms with E-state index in [1.807, 2.05) is 0 Å². The average Bonchev–Trinajstić information content (AvgIpc) is 2.75.